The standard InChI is InChI=1S/C18H24ClN5OS/c1-3-24(4-2)17-20-11-12(19)15(22-17)16(25)23-18-21-13-9-7-5-6-8-10-14(13)26-18/h11H,3-10H2,1-2H3,(H,21,23,25). The van der Waals surface area contributed by atoms with Crippen LogP contribution >= 0.6 is 22.9 Å². The minimum absolute atomic E-state index is 0.186. The summed E-state index contributed by atoms with van der Waals surface area (Å²) in [6, 6.07) is 0. The van der Waals surface area contributed by atoms with E-state index < -0.39 is 0 Å². The first-order valence-electron chi connectivity index (χ1n) is 9.19. The largest absolute Gasteiger partial charge is 0.341 e. The molecule has 1 N–H and O–H groups in total. The Hall–Kier alpha value is -1.73. The molecule has 2 aromatic heterocycles. The van der Waals surface area contributed by atoms with Crippen LogP contribution in [-0.2, 0) is 12.8 Å². The van der Waals surface area contributed by atoms with Crippen molar-refractivity contribution < 1.29 is 4.79 Å². The fourth-order valence-electron chi connectivity index (χ4n) is 3.09. The average Bonchev–Trinajstić information content (AvgIpc) is 2.98. The lowest BCUT2D eigenvalue weighted by Crippen LogP contribution is -2.25. The zero-order valence-electron chi connectivity index (χ0n) is 15.2. The average molecular weight is 394 g/mol. The Kier molecular flexibility index (Phi) is 6.43. The summed E-state index contributed by atoms with van der Waals surface area (Å²) >= 11 is 7.74. The maximum Gasteiger partial charge on any atom is 0.277 e. The smallest absolute Gasteiger partial charge is 0.277 e. The van der Waals surface area contributed by atoms with E-state index >= 15 is 0 Å². The molecule has 0 fully saturated rings. The molecule has 140 valence electrons. The summed E-state index contributed by atoms with van der Waals surface area (Å²) < 4.78 is 0. The number of carbonyl (C=O) groups is 1. The van der Waals surface area contributed by atoms with Crippen LogP contribution in [-0.4, -0.2) is 33.9 Å². The van der Waals surface area contributed by atoms with E-state index in [1.807, 2.05) is 18.7 Å². The second-order valence-electron chi connectivity index (χ2n) is 6.30. The molecule has 6 nitrogen and oxygen atoms in total. The Morgan fingerprint density at radius 1 is 1.19 bits per heavy atom. The van der Waals surface area contributed by atoms with Crippen molar-refractivity contribution in [2.24, 2.45) is 0 Å². The number of nitrogens with one attached hydrogen (secondary N) is 1. The van der Waals surface area contributed by atoms with Gasteiger partial charge in [-0.25, -0.2) is 15.0 Å². The molecule has 0 spiro atoms. The van der Waals surface area contributed by atoms with Crippen molar-refractivity contribution in [3.05, 3.63) is 27.5 Å². The van der Waals surface area contributed by atoms with Gasteiger partial charge in [-0.2, -0.15) is 0 Å². The number of aromatic nitrogens is 3. The normalized spacial score (nSPS) is 14.3. The molecule has 26 heavy (non-hydrogen) atoms. The molecule has 2 aromatic rings. The second-order valence-corrected chi connectivity index (χ2v) is 7.79. The fourth-order valence-corrected chi connectivity index (χ4v) is 4.31. The molecule has 0 radical (unpaired) electrons. The van der Waals surface area contributed by atoms with Crippen LogP contribution in [0, 0.1) is 0 Å². The molecule has 1 aliphatic rings. The number of amides is 1. The van der Waals surface area contributed by atoms with Gasteiger partial charge in [-0.1, -0.05) is 24.4 Å². The highest BCUT2D eigenvalue weighted by atomic mass is 35.5. The summed E-state index contributed by atoms with van der Waals surface area (Å²) in [5, 5.41) is 3.74. The molecule has 2 heterocycles. The van der Waals surface area contributed by atoms with E-state index in [0.29, 0.717) is 11.1 Å². The molecule has 1 amide bonds. The predicted octanol–water partition coefficient (Wildman–Crippen LogP) is 4.34. The lowest BCUT2D eigenvalue weighted by Gasteiger charge is -2.18. The van der Waals surface area contributed by atoms with Crippen LogP contribution in [0.25, 0.3) is 0 Å². The summed E-state index contributed by atoms with van der Waals surface area (Å²) in [7, 11) is 0. The highest BCUT2D eigenvalue weighted by molar-refractivity contribution is 7.15. The number of thiazole rings is 1. The summed E-state index contributed by atoms with van der Waals surface area (Å²) in [4.78, 5) is 29.2. The van der Waals surface area contributed by atoms with Gasteiger partial charge < -0.3 is 4.90 Å². The Bertz CT molecular complexity index is 749. The topological polar surface area (TPSA) is 71.0 Å². The van der Waals surface area contributed by atoms with Crippen molar-refractivity contribution in [3.63, 3.8) is 0 Å². The third kappa shape index (κ3) is 4.32. The summed E-state index contributed by atoms with van der Waals surface area (Å²) in [6.45, 7) is 5.57. The number of carbonyl (C=O) groups excluding carboxylic acids is 1. The number of aryl methyl sites for hydroxylation is 2. The van der Waals surface area contributed by atoms with E-state index in [-0.39, 0.29) is 16.6 Å². The summed E-state index contributed by atoms with van der Waals surface area (Å²) in [5.41, 5.74) is 1.31. The molecule has 0 aromatic carbocycles. The number of nitrogens with zero attached hydrogens (tertiary/aromatic N) is 4. The molecular weight excluding hydrogens is 370 g/mol. The Morgan fingerprint density at radius 3 is 2.65 bits per heavy atom. The number of anilines is 2. The first-order valence-corrected chi connectivity index (χ1v) is 10.4. The maximum atomic E-state index is 12.7. The first kappa shape index (κ1) is 19.0. The zero-order chi connectivity index (χ0) is 18.5. The van der Waals surface area contributed by atoms with Crippen LogP contribution in [0.15, 0.2) is 6.20 Å². The molecule has 3 rings (SSSR count). The molecule has 0 aliphatic heterocycles. The molecular formula is C18H24ClN5OS. The van der Waals surface area contributed by atoms with Crippen LogP contribution in [0.1, 0.15) is 60.6 Å². The minimum atomic E-state index is -0.340. The van der Waals surface area contributed by atoms with Crippen molar-refractivity contribution in [3.8, 4) is 0 Å². The van der Waals surface area contributed by atoms with Crippen molar-refractivity contribution in [1.29, 1.82) is 0 Å². The van der Waals surface area contributed by atoms with Crippen molar-refractivity contribution in [2.45, 2.75) is 52.4 Å². The van der Waals surface area contributed by atoms with Gasteiger partial charge in [0.2, 0.25) is 5.95 Å². The van der Waals surface area contributed by atoms with Crippen LogP contribution in [0.3, 0.4) is 0 Å². The van der Waals surface area contributed by atoms with Gasteiger partial charge in [-0.05, 0) is 39.5 Å². The molecule has 0 unspecified atom stereocenters. The highest BCUT2D eigenvalue weighted by Crippen LogP contribution is 2.29. The van der Waals surface area contributed by atoms with E-state index in [2.05, 4.69) is 20.3 Å². The Balaban J connectivity index is 1.79. The van der Waals surface area contributed by atoms with Crippen molar-refractivity contribution in [2.75, 3.05) is 23.3 Å². The van der Waals surface area contributed by atoms with Gasteiger partial charge in [0, 0.05) is 18.0 Å². The molecule has 0 atom stereocenters. The molecule has 0 bridgehead atoms. The van der Waals surface area contributed by atoms with E-state index in [1.165, 1.54) is 30.3 Å². The SMILES string of the molecule is CCN(CC)c1ncc(Cl)c(C(=O)Nc2nc3c(s2)CCCCCC3)n1. The number of hydrogen-bond acceptors (Lipinski definition) is 6. The second kappa shape index (κ2) is 8.77. The van der Waals surface area contributed by atoms with Crippen molar-refractivity contribution in [1.82, 2.24) is 15.0 Å². The van der Waals surface area contributed by atoms with Crippen LogP contribution in [0.5, 0.6) is 0 Å². The van der Waals surface area contributed by atoms with Crippen LogP contribution in [0.2, 0.25) is 5.02 Å². The number of rotatable bonds is 5. The predicted molar refractivity (Wildman–Crippen MR) is 107 cm³/mol. The van der Waals surface area contributed by atoms with Crippen molar-refractivity contribution >= 4 is 39.9 Å². The number of fused-ring (bicyclic) bond motifs is 1. The lowest BCUT2D eigenvalue weighted by atomic mass is 10.0. The third-order valence-electron chi connectivity index (χ3n) is 4.56. The van der Waals surface area contributed by atoms with Gasteiger partial charge >= 0.3 is 0 Å². The van der Waals surface area contributed by atoms with Crippen LogP contribution in [0.4, 0.5) is 11.1 Å². The van der Waals surface area contributed by atoms with E-state index in [1.54, 1.807) is 11.3 Å². The Morgan fingerprint density at radius 2 is 1.92 bits per heavy atom. The maximum absolute atomic E-state index is 12.7. The van der Waals surface area contributed by atoms with E-state index in [0.717, 1.165) is 38.0 Å². The third-order valence-corrected chi connectivity index (χ3v) is 5.91. The highest BCUT2D eigenvalue weighted by Gasteiger charge is 2.19. The number of hydrogen-bond donors (Lipinski definition) is 1. The monoisotopic (exact) mass is 393 g/mol. The quantitative estimate of drug-likeness (QED) is 0.817. The van der Waals surface area contributed by atoms with E-state index in [9.17, 15) is 4.79 Å². The van der Waals surface area contributed by atoms with Crippen LogP contribution < -0.4 is 10.2 Å². The van der Waals surface area contributed by atoms with Gasteiger partial charge in [0.25, 0.3) is 5.91 Å². The van der Waals surface area contributed by atoms with Gasteiger partial charge in [0.1, 0.15) is 0 Å². The lowest BCUT2D eigenvalue weighted by molar-refractivity contribution is 0.102. The molecule has 0 saturated carbocycles. The van der Waals surface area contributed by atoms with Gasteiger partial charge in [0.15, 0.2) is 10.8 Å². The first-order chi connectivity index (χ1) is 12.6. The molecule has 0 saturated heterocycles. The fraction of sp³-hybridized carbons (Fsp3) is 0.556. The summed E-state index contributed by atoms with van der Waals surface area (Å²) in [5.74, 6) is 0.170. The summed E-state index contributed by atoms with van der Waals surface area (Å²) in [6.07, 6.45) is 8.39. The van der Waals surface area contributed by atoms with Gasteiger partial charge in [0.05, 0.1) is 16.9 Å². The van der Waals surface area contributed by atoms with E-state index in [4.69, 9.17) is 11.6 Å². The molecule has 8 heteroatoms. The van der Waals surface area contributed by atoms with Gasteiger partial charge in [-0.15, -0.1) is 11.3 Å². The minimum Gasteiger partial charge on any atom is -0.341 e. The molecule has 1 aliphatic carbocycles. The Labute approximate surface area is 163 Å². The zero-order valence-corrected chi connectivity index (χ0v) is 16.8. The van der Waals surface area contributed by atoms with Gasteiger partial charge in [-0.3, -0.25) is 10.1 Å². The number of halogens is 1.